The lowest BCUT2D eigenvalue weighted by molar-refractivity contribution is -0.0560. The molecule has 0 aliphatic heterocycles. The standard InChI is InChI=1S/C17H18N2O2/c1-13(19(21)17(18)20)7-8-14-9-11-16(12-10-14)15-5-3-2-4-6-15/h2-13,21H,1H3,(H2,18,20)/b8-7+. The summed E-state index contributed by atoms with van der Waals surface area (Å²) in [5.41, 5.74) is 8.28. The Labute approximate surface area is 124 Å². The molecule has 0 spiro atoms. The van der Waals surface area contributed by atoms with Crippen LogP contribution in [0.1, 0.15) is 12.5 Å². The van der Waals surface area contributed by atoms with Gasteiger partial charge in [0.05, 0.1) is 6.04 Å². The van der Waals surface area contributed by atoms with Gasteiger partial charge in [0.2, 0.25) is 0 Å². The first-order valence-electron chi connectivity index (χ1n) is 6.69. The van der Waals surface area contributed by atoms with Gasteiger partial charge in [0.25, 0.3) is 0 Å². The van der Waals surface area contributed by atoms with Crippen LogP contribution in [0.3, 0.4) is 0 Å². The van der Waals surface area contributed by atoms with Crippen molar-refractivity contribution < 1.29 is 10.0 Å². The number of nitrogens with two attached hydrogens (primary N) is 1. The van der Waals surface area contributed by atoms with E-state index in [0.717, 1.165) is 16.7 Å². The van der Waals surface area contributed by atoms with Gasteiger partial charge in [0, 0.05) is 0 Å². The van der Waals surface area contributed by atoms with Gasteiger partial charge >= 0.3 is 6.03 Å². The Morgan fingerprint density at radius 1 is 1.10 bits per heavy atom. The van der Waals surface area contributed by atoms with E-state index in [4.69, 9.17) is 5.73 Å². The minimum atomic E-state index is -0.869. The van der Waals surface area contributed by atoms with Crippen molar-refractivity contribution in [1.29, 1.82) is 0 Å². The van der Waals surface area contributed by atoms with E-state index in [0.29, 0.717) is 5.06 Å². The molecule has 2 aromatic carbocycles. The molecule has 21 heavy (non-hydrogen) atoms. The van der Waals surface area contributed by atoms with Crippen LogP contribution in [-0.2, 0) is 0 Å². The summed E-state index contributed by atoms with van der Waals surface area (Å²) in [5, 5.41) is 9.87. The Balaban J connectivity index is 2.08. The van der Waals surface area contributed by atoms with Crippen molar-refractivity contribution in [3.8, 4) is 11.1 Å². The number of hydroxylamine groups is 2. The number of hydrogen-bond acceptors (Lipinski definition) is 2. The van der Waals surface area contributed by atoms with Gasteiger partial charge in [-0.1, -0.05) is 66.7 Å². The average Bonchev–Trinajstić information content (AvgIpc) is 2.53. The van der Waals surface area contributed by atoms with E-state index in [-0.39, 0.29) is 0 Å². The smallest absolute Gasteiger partial charge is 0.339 e. The third-order valence-corrected chi connectivity index (χ3v) is 3.20. The first-order valence-corrected chi connectivity index (χ1v) is 6.69. The van der Waals surface area contributed by atoms with Crippen LogP contribution < -0.4 is 5.73 Å². The molecule has 1 unspecified atom stereocenters. The lowest BCUT2D eigenvalue weighted by Crippen LogP contribution is -2.38. The van der Waals surface area contributed by atoms with Gasteiger partial charge in [0.15, 0.2) is 0 Å². The fourth-order valence-electron chi connectivity index (χ4n) is 1.95. The Hall–Kier alpha value is -2.59. The van der Waals surface area contributed by atoms with Gasteiger partial charge in [0.1, 0.15) is 0 Å². The normalized spacial score (nSPS) is 12.3. The lowest BCUT2D eigenvalue weighted by Gasteiger charge is -2.16. The predicted octanol–water partition coefficient (Wildman–Crippen LogP) is 3.53. The zero-order valence-electron chi connectivity index (χ0n) is 11.8. The van der Waals surface area contributed by atoms with Crippen molar-refractivity contribution in [2.45, 2.75) is 13.0 Å². The molecule has 4 heteroatoms. The summed E-state index contributed by atoms with van der Waals surface area (Å²) in [6, 6.07) is 16.8. The van der Waals surface area contributed by atoms with Crippen LogP contribution in [0, 0.1) is 0 Å². The molecule has 4 nitrogen and oxygen atoms in total. The maximum absolute atomic E-state index is 10.8. The SMILES string of the molecule is CC(/C=C/c1ccc(-c2ccccc2)cc1)N(O)C(N)=O. The average molecular weight is 282 g/mol. The Kier molecular flexibility index (Phi) is 4.74. The molecule has 0 saturated carbocycles. The Morgan fingerprint density at radius 2 is 1.67 bits per heavy atom. The molecule has 2 aromatic rings. The van der Waals surface area contributed by atoms with Crippen LogP contribution in [0.2, 0.25) is 0 Å². The number of carbonyl (C=O) groups is 1. The summed E-state index contributed by atoms with van der Waals surface area (Å²) in [6.45, 7) is 1.68. The molecular formula is C17H18N2O2. The molecule has 0 bridgehead atoms. The van der Waals surface area contributed by atoms with Crippen molar-refractivity contribution in [1.82, 2.24) is 5.06 Å². The van der Waals surface area contributed by atoms with E-state index in [2.05, 4.69) is 12.1 Å². The number of carbonyl (C=O) groups excluding carboxylic acids is 1. The zero-order chi connectivity index (χ0) is 15.2. The maximum Gasteiger partial charge on any atom is 0.339 e. The molecule has 2 amide bonds. The van der Waals surface area contributed by atoms with Gasteiger partial charge in [-0.2, -0.15) is 5.06 Å². The van der Waals surface area contributed by atoms with Gasteiger partial charge < -0.3 is 5.73 Å². The lowest BCUT2D eigenvalue weighted by atomic mass is 10.0. The number of hydrogen-bond donors (Lipinski definition) is 2. The quantitative estimate of drug-likeness (QED) is 0.665. The highest BCUT2D eigenvalue weighted by molar-refractivity contribution is 5.71. The molecule has 0 aromatic heterocycles. The summed E-state index contributed by atoms with van der Waals surface area (Å²) < 4.78 is 0. The highest BCUT2D eigenvalue weighted by Crippen LogP contribution is 2.19. The van der Waals surface area contributed by atoms with Gasteiger partial charge in [-0.15, -0.1) is 0 Å². The monoisotopic (exact) mass is 282 g/mol. The fourth-order valence-corrected chi connectivity index (χ4v) is 1.95. The molecule has 2 rings (SSSR count). The third kappa shape index (κ3) is 3.94. The predicted molar refractivity (Wildman–Crippen MR) is 83.6 cm³/mol. The van der Waals surface area contributed by atoms with Crippen LogP contribution in [0.25, 0.3) is 17.2 Å². The topological polar surface area (TPSA) is 66.6 Å². The van der Waals surface area contributed by atoms with Crippen LogP contribution in [0.4, 0.5) is 4.79 Å². The van der Waals surface area contributed by atoms with Crippen LogP contribution in [0.15, 0.2) is 60.7 Å². The van der Waals surface area contributed by atoms with Gasteiger partial charge in [-0.25, -0.2) is 4.79 Å². The van der Waals surface area contributed by atoms with E-state index in [1.165, 1.54) is 0 Å². The molecule has 1 atom stereocenters. The van der Waals surface area contributed by atoms with Crippen LogP contribution >= 0.6 is 0 Å². The molecule has 0 radical (unpaired) electrons. The van der Waals surface area contributed by atoms with Gasteiger partial charge in [-0.3, -0.25) is 5.21 Å². The molecular weight excluding hydrogens is 264 g/mol. The number of primary amides is 1. The van der Waals surface area contributed by atoms with E-state index in [1.54, 1.807) is 13.0 Å². The number of urea groups is 1. The fraction of sp³-hybridized carbons (Fsp3) is 0.118. The number of nitrogens with zero attached hydrogens (tertiary/aromatic N) is 1. The first kappa shape index (κ1) is 14.8. The van der Waals surface area contributed by atoms with Crippen molar-refractivity contribution >= 4 is 12.1 Å². The van der Waals surface area contributed by atoms with E-state index in [9.17, 15) is 10.0 Å². The van der Waals surface area contributed by atoms with E-state index >= 15 is 0 Å². The minimum Gasteiger partial charge on any atom is -0.350 e. The number of benzene rings is 2. The zero-order valence-corrected chi connectivity index (χ0v) is 11.8. The summed E-state index contributed by atoms with van der Waals surface area (Å²) in [4.78, 5) is 10.8. The van der Waals surface area contributed by atoms with Crippen LogP contribution in [-0.4, -0.2) is 22.3 Å². The summed E-state index contributed by atoms with van der Waals surface area (Å²) in [5.74, 6) is 0. The molecule has 108 valence electrons. The largest absolute Gasteiger partial charge is 0.350 e. The molecule has 3 N–H and O–H groups in total. The highest BCUT2D eigenvalue weighted by Gasteiger charge is 2.11. The molecule has 0 aliphatic carbocycles. The Bertz CT molecular complexity index is 621. The van der Waals surface area contributed by atoms with Crippen LogP contribution in [0.5, 0.6) is 0 Å². The van der Waals surface area contributed by atoms with Crippen molar-refractivity contribution in [3.05, 3.63) is 66.2 Å². The van der Waals surface area contributed by atoms with E-state index < -0.39 is 12.1 Å². The second-order valence-corrected chi connectivity index (χ2v) is 4.77. The maximum atomic E-state index is 10.8. The number of rotatable bonds is 4. The third-order valence-electron chi connectivity index (χ3n) is 3.20. The minimum absolute atomic E-state index is 0.476. The summed E-state index contributed by atoms with van der Waals surface area (Å²) >= 11 is 0. The Morgan fingerprint density at radius 3 is 2.24 bits per heavy atom. The van der Waals surface area contributed by atoms with E-state index in [1.807, 2.05) is 48.5 Å². The molecule has 0 saturated heterocycles. The second kappa shape index (κ2) is 6.72. The number of amides is 2. The first-order chi connectivity index (χ1) is 10.1. The highest BCUT2D eigenvalue weighted by atomic mass is 16.5. The second-order valence-electron chi connectivity index (χ2n) is 4.77. The van der Waals surface area contributed by atoms with Gasteiger partial charge in [-0.05, 0) is 23.6 Å². The van der Waals surface area contributed by atoms with Crippen molar-refractivity contribution in [3.63, 3.8) is 0 Å². The summed E-state index contributed by atoms with van der Waals surface area (Å²) in [6.07, 6.45) is 3.55. The van der Waals surface area contributed by atoms with Crippen molar-refractivity contribution in [2.24, 2.45) is 5.73 Å². The molecule has 0 heterocycles. The summed E-state index contributed by atoms with van der Waals surface area (Å²) in [7, 11) is 0. The molecule has 0 aliphatic rings. The van der Waals surface area contributed by atoms with Crippen molar-refractivity contribution in [2.75, 3.05) is 0 Å². The molecule has 0 fully saturated rings.